The molecule has 4 N–H and O–H groups in total. The van der Waals surface area contributed by atoms with Crippen LogP contribution in [0.15, 0.2) is 46.6 Å². The second-order valence-corrected chi connectivity index (χ2v) is 8.14. The van der Waals surface area contributed by atoms with E-state index in [-0.39, 0.29) is 33.4 Å². The van der Waals surface area contributed by atoms with Crippen molar-refractivity contribution < 1.29 is 19.8 Å². The Balaban J connectivity index is 1.61. The van der Waals surface area contributed by atoms with E-state index < -0.39 is 11.8 Å². The number of hydrazone groups is 2. The van der Waals surface area contributed by atoms with Crippen molar-refractivity contribution in [1.82, 2.24) is 10.9 Å². The van der Waals surface area contributed by atoms with Crippen LogP contribution in [0, 0.1) is 11.8 Å². The molecular formula is C22H22Cl2N4O4. The quantitative estimate of drug-likeness (QED) is 0.373. The summed E-state index contributed by atoms with van der Waals surface area (Å²) in [5.41, 5.74) is 5.59. The zero-order chi connectivity index (χ0) is 23.1. The first kappa shape index (κ1) is 23.6. The van der Waals surface area contributed by atoms with E-state index in [1.165, 1.54) is 24.6 Å². The first-order valence-electron chi connectivity index (χ1n) is 9.99. The van der Waals surface area contributed by atoms with Crippen molar-refractivity contribution in [2.24, 2.45) is 22.0 Å². The molecule has 0 aliphatic heterocycles. The summed E-state index contributed by atoms with van der Waals surface area (Å²) in [6, 6.07) is 9.57. The first-order valence-corrected chi connectivity index (χ1v) is 10.7. The van der Waals surface area contributed by atoms with E-state index in [0.29, 0.717) is 24.0 Å². The third kappa shape index (κ3) is 5.77. The van der Waals surface area contributed by atoms with Crippen molar-refractivity contribution in [2.45, 2.75) is 25.7 Å². The van der Waals surface area contributed by atoms with E-state index in [9.17, 15) is 19.8 Å². The van der Waals surface area contributed by atoms with Gasteiger partial charge in [-0.15, -0.1) is 0 Å². The summed E-state index contributed by atoms with van der Waals surface area (Å²) in [4.78, 5) is 25.3. The summed E-state index contributed by atoms with van der Waals surface area (Å²) in [7, 11) is 0. The van der Waals surface area contributed by atoms with Crippen LogP contribution in [0.25, 0.3) is 0 Å². The summed E-state index contributed by atoms with van der Waals surface area (Å²) >= 11 is 11.7. The fraction of sp³-hybridized carbons (Fsp3) is 0.273. The molecule has 0 saturated heterocycles. The Morgan fingerprint density at radius 3 is 1.62 bits per heavy atom. The average Bonchev–Trinajstić information content (AvgIpc) is 2.79. The number of carbonyl (C=O) groups excluding carboxylic acids is 2. The molecule has 0 spiro atoms. The zero-order valence-electron chi connectivity index (χ0n) is 17.0. The maximum absolute atomic E-state index is 12.7. The molecule has 2 atom stereocenters. The minimum atomic E-state index is -0.566. The van der Waals surface area contributed by atoms with Gasteiger partial charge in [0.2, 0.25) is 11.8 Å². The number of phenolic OH excluding ortho intramolecular Hbond substituents is 2. The van der Waals surface area contributed by atoms with Crippen LogP contribution in [0.3, 0.4) is 0 Å². The fourth-order valence-corrected chi connectivity index (χ4v) is 3.89. The zero-order valence-corrected chi connectivity index (χ0v) is 18.5. The number of nitrogens with zero attached hydrogens (tertiary/aromatic N) is 2. The molecule has 10 heteroatoms. The van der Waals surface area contributed by atoms with Crippen LogP contribution in [-0.2, 0) is 9.59 Å². The molecule has 32 heavy (non-hydrogen) atoms. The minimum Gasteiger partial charge on any atom is -0.506 e. The van der Waals surface area contributed by atoms with E-state index in [4.69, 9.17) is 23.2 Å². The number of rotatable bonds is 6. The lowest BCUT2D eigenvalue weighted by atomic mass is 9.78. The lowest BCUT2D eigenvalue weighted by Gasteiger charge is -2.28. The summed E-state index contributed by atoms with van der Waals surface area (Å²) in [6.07, 6.45) is 5.31. The molecule has 2 aromatic carbocycles. The van der Waals surface area contributed by atoms with Crippen LogP contribution in [-0.4, -0.2) is 34.5 Å². The maximum Gasteiger partial charge on any atom is 0.243 e. The SMILES string of the molecule is O=C(N/N=C/c1cccc(Cl)c1O)[C@H]1CCCC[C@@H]1C(=O)N/N=C/c1cccc(Cl)c1O. The number of benzene rings is 2. The molecule has 8 nitrogen and oxygen atoms in total. The standard InChI is InChI=1S/C22H22Cl2N4O4/c23-17-9-3-5-13(19(17)29)11-25-27-21(31)15-7-1-2-8-16(15)22(32)28-26-12-14-6-4-10-18(24)20(14)30/h3-6,9-12,15-16,29-30H,1-2,7-8H2,(H,27,31)(H,28,32)/b25-11+,26-12+/t15-,16-/m0/s1. The number of hydrogen-bond donors (Lipinski definition) is 4. The van der Waals surface area contributed by atoms with Gasteiger partial charge in [0.15, 0.2) is 0 Å². The number of para-hydroxylation sites is 2. The summed E-state index contributed by atoms with van der Waals surface area (Å²) in [5.74, 6) is -2.18. The molecule has 1 saturated carbocycles. The molecular weight excluding hydrogens is 455 g/mol. The highest BCUT2D eigenvalue weighted by molar-refractivity contribution is 6.32. The molecule has 1 aliphatic carbocycles. The molecule has 0 heterocycles. The Kier molecular flexibility index (Phi) is 8.08. The Labute approximate surface area is 194 Å². The molecule has 0 unspecified atom stereocenters. The predicted molar refractivity (Wildman–Crippen MR) is 123 cm³/mol. The van der Waals surface area contributed by atoms with E-state index >= 15 is 0 Å². The minimum absolute atomic E-state index is 0.134. The number of nitrogens with one attached hydrogen (secondary N) is 2. The summed E-state index contributed by atoms with van der Waals surface area (Å²) in [5, 5.41) is 27.9. The fourth-order valence-electron chi connectivity index (χ4n) is 3.53. The van der Waals surface area contributed by atoms with Gasteiger partial charge >= 0.3 is 0 Å². The van der Waals surface area contributed by atoms with Crippen molar-refractivity contribution in [3.8, 4) is 11.5 Å². The Morgan fingerprint density at radius 1 is 0.812 bits per heavy atom. The van der Waals surface area contributed by atoms with Gasteiger partial charge in [0.05, 0.1) is 34.3 Å². The van der Waals surface area contributed by atoms with Gasteiger partial charge in [0.1, 0.15) is 11.5 Å². The van der Waals surface area contributed by atoms with Crippen LogP contribution >= 0.6 is 23.2 Å². The lowest BCUT2D eigenvalue weighted by molar-refractivity contribution is -0.136. The number of hydrogen-bond acceptors (Lipinski definition) is 6. The molecule has 0 bridgehead atoms. The molecule has 0 radical (unpaired) electrons. The van der Waals surface area contributed by atoms with Gasteiger partial charge in [0, 0.05) is 11.1 Å². The van der Waals surface area contributed by atoms with Gasteiger partial charge in [0.25, 0.3) is 0 Å². The molecule has 0 aromatic heterocycles. The van der Waals surface area contributed by atoms with E-state index in [1.807, 2.05) is 0 Å². The van der Waals surface area contributed by atoms with Crippen molar-refractivity contribution in [1.29, 1.82) is 0 Å². The molecule has 2 amide bonds. The van der Waals surface area contributed by atoms with Crippen molar-refractivity contribution in [3.63, 3.8) is 0 Å². The predicted octanol–water partition coefficient (Wildman–Crippen LogP) is 3.81. The second-order valence-electron chi connectivity index (χ2n) is 7.32. The number of phenols is 2. The Morgan fingerprint density at radius 2 is 1.22 bits per heavy atom. The topological polar surface area (TPSA) is 123 Å². The number of carbonyl (C=O) groups is 2. The molecule has 3 rings (SSSR count). The lowest BCUT2D eigenvalue weighted by Crippen LogP contribution is -2.41. The van der Waals surface area contributed by atoms with Gasteiger partial charge in [-0.3, -0.25) is 9.59 Å². The van der Waals surface area contributed by atoms with E-state index in [0.717, 1.165) is 12.8 Å². The normalized spacial score (nSPS) is 18.7. The highest BCUT2D eigenvalue weighted by Crippen LogP contribution is 2.31. The first-order chi connectivity index (χ1) is 15.4. The van der Waals surface area contributed by atoms with Gasteiger partial charge in [-0.05, 0) is 37.1 Å². The van der Waals surface area contributed by atoms with E-state index in [2.05, 4.69) is 21.1 Å². The Bertz CT molecular complexity index is 975. The molecule has 1 fully saturated rings. The van der Waals surface area contributed by atoms with Crippen LogP contribution in [0.1, 0.15) is 36.8 Å². The molecule has 168 valence electrons. The van der Waals surface area contributed by atoms with Crippen molar-refractivity contribution in [2.75, 3.05) is 0 Å². The smallest absolute Gasteiger partial charge is 0.243 e. The van der Waals surface area contributed by atoms with E-state index in [1.54, 1.807) is 24.3 Å². The van der Waals surface area contributed by atoms with Gasteiger partial charge in [-0.25, -0.2) is 10.9 Å². The van der Waals surface area contributed by atoms with Crippen molar-refractivity contribution in [3.05, 3.63) is 57.6 Å². The number of amides is 2. The van der Waals surface area contributed by atoms with Crippen LogP contribution in [0.2, 0.25) is 10.0 Å². The number of aromatic hydroxyl groups is 2. The summed E-state index contributed by atoms with van der Waals surface area (Å²) < 4.78 is 0. The van der Waals surface area contributed by atoms with Crippen LogP contribution in [0.5, 0.6) is 11.5 Å². The van der Waals surface area contributed by atoms with Gasteiger partial charge in [-0.2, -0.15) is 10.2 Å². The number of halogens is 2. The third-order valence-electron chi connectivity index (χ3n) is 5.23. The van der Waals surface area contributed by atoms with Gasteiger partial charge in [-0.1, -0.05) is 48.2 Å². The average molecular weight is 477 g/mol. The van der Waals surface area contributed by atoms with Crippen molar-refractivity contribution >= 4 is 47.4 Å². The third-order valence-corrected chi connectivity index (χ3v) is 5.84. The van der Waals surface area contributed by atoms with Gasteiger partial charge < -0.3 is 10.2 Å². The monoisotopic (exact) mass is 476 g/mol. The van der Waals surface area contributed by atoms with Crippen LogP contribution < -0.4 is 10.9 Å². The highest BCUT2D eigenvalue weighted by atomic mass is 35.5. The largest absolute Gasteiger partial charge is 0.506 e. The molecule has 2 aromatic rings. The second kappa shape index (κ2) is 11.0. The van der Waals surface area contributed by atoms with Crippen LogP contribution in [0.4, 0.5) is 0 Å². The summed E-state index contributed by atoms with van der Waals surface area (Å²) in [6.45, 7) is 0. The Hall–Kier alpha value is -3.10. The molecule has 1 aliphatic rings. The maximum atomic E-state index is 12.7. The highest BCUT2D eigenvalue weighted by Gasteiger charge is 2.35.